The van der Waals surface area contributed by atoms with Crippen LogP contribution in [0.3, 0.4) is 0 Å². The number of hydrogen-bond donors (Lipinski definition) is 0. The average Bonchev–Trinajstić information content (AvgIpc) is 3.00. The largest absolute Gasteiger partial charge is 0.221 e. The van der Waals surface area contributed by atoms with Gasteiger partial charge in [-0.05, 0) is 38.0 Å². The van der Waals surface area contributed by atoms with Gasteiger partial charge in [-0.3, -0.25) is 0 Å². The summed E-state index contributed by atoms with van der Waals surface area (Å²) >= 11 is 0. The summed E-state index contributed by atoms with van der Waals surface area (Å²) in [7, 11) is 0. The predicted molar refractivity (Wildman–Crippen MR) is 65.1 cm³/mol. The van der Waals surface area contributed by atoms with Crippen LogP contribution < -0.4 is 0 Å². The fourth-order valence-electron chi connectivity index (χ4n) is 2.42. The van der Waals surface area contributed by atoms with Crippen LogP contribution in [-0.4, -0.2) is 20.0 Å². The molecule has 2 aromatic heterocycles. The van der Waals surface area contributed by atoms with Gasteiger partial charge in [0.1, 0.15) is 0 Å². The second kappa shape index (κ2) is 4.28. The van der Waals surface area contributed by atoms with Crippen molar-refractivity contribution in [1.29, 1.82) is 0 Å². The molecule has 1 saturated carbocycles. The standard InChI is InChI=1S/C13H16N4/c1-10-6-7-13(15-14-10)17-9-8-12(16-17)11-4-2-3-5-11/h6-9,11H,2-5H2,1H3. The van der Waals surface area contributed by atoms with E-state index in [2.05, 4.69) is 21.4 Å². The van der Waals surface area contributed by atoms with Crippen LogP contribution >= 0.6 is 0 Å². The first-order valence-electron chi connectivity index (χ1n) is 6.19. The van der Waals surface area contributed by atoms with E-state index in [-0.39, 0.29) is 0 Å². The van der Waals surface area contributed by atoms with Crippen molar-refractivity contribution in [2.45, 2.75) is 38.5 Å². The SMILES string of the molecule is Cc1ccc(-n2ccc(C3CCCC3)n2)nn1. The maximum absolute atomic E-state index is 4.61. The zero-order valence-electron chi connectivity index (χ0n) is 10.0. The smallest absolute Gasteiger partial charge is 0.175 e. The number of rotatable bonds is 2. The van der Waals surface area contributed by atoms with Crippen LogP contribution in [0.15, 0.2) is 24.4 Å². The molecule has 1 fully saturated rings. The average molecular weight is 228 g/mol. The quantitative estimate of drug-likeness (QED) is 0.793. The van der Waals surface area contributed by atoms with E-state index < -0.39 is 0 Å². The van der Waals surface area contributed by atoms with Crippen LogP contribution in [0.2, 0.25) is 0 Å². The highest BCUT2D eigenvalue weighted by Gasteiger charge is 2.19. The maximum Gasteiger partial charge on any atom is 0.175 e. The van der Waals surface area contributed by atoms with Gasteiger partial charge in [0, 0.05) is 12.1 Å². The molecule has 0 saturated heterocycles. The Hall–Kier alpha value is -1.71. The molecule has 0 bridgehead atoms. The monoisotopic (exact) mass is 228 g/mol. The van der Waals surface area contributed by atoms with E-state index >= 15 is 0 Å². The van der Waals surface area contributed by atoms with Gasteiger partial charge < -0.3 is 0 Å². The first kappa shape index (κ1) is 10.4. The molecule has 88 valence electrons. The van der Waals surface area contributed by atoms with E-state index in [0.717, 1.165) is 11.5 Å². The third-order valence-electron chi connectivity index (χ3n) is 3.40. The van der Waals surface area contributed by atoms with Crippen LogP contribution in [0.5, 0.6) is 0 Å². The van der Waals surface area contributed by atoms with E-state index in [1.165, 1.54) is 31.4 Å². The Balaban J connectivity index is 1.86. The lowest BCUT2D eigenvalue weighted by molar-refractivity contribution is 0.673. The lowest BCUT2D eigenvalue weighted by Crippen LogP contribution is -2.02. The molecule has 0 radical (unpaired) electrons. The van der Waals surface area contributed by atoms with Crippen molar-refractivity contribution in [2.75, 3.05) is 0 Å². The number of aryl methyl sites for hydroxylation is 1. The molecule has 0 N–H and O–H groups in total. The minimum absolute atomic E-state index is 0.648. The van der Waals surface area contributed by atoms with E-state index in [1.54, 1.807) is 0 Å². The van der Waals surface area contributed by atoms with Crippen molar-refractivity contribution >= 4 is 0 Å². The van der Waals surface area contributed by atoms with E-state index in [0.29, 0.717) is 5.92 Å². The summed E-state index contributed by atoms with van der Waals surface area (Å²) < 4.78 is 1.82. The Kier molecular flexibility index (Phi) is 2.63. The molecule has 4 heteroatoms. The molecule has 3 rings (SSSR count). The fourth-order valence-corrected chi connectivity index (χ4v) is 2.42. The van der Waals surface area contributed by atoms with Crippen LogP contribution in [0, 0.1) is 6.92 Å². The van der Waals surface area contributed by atoms with E-state index in [1.807, 2.05) is 29.9 Å². The first-order chi connectivity index (χ1) is 8.33. The Morgan fingerprint density at radius 1 is 1.12 bits per heavy atom. The van der Waals surface area contributed by atoms with Crippen molar-refractivity contribution in [1.82, 2.24) is 20.0 Å². The molecule has 0 unspecified atom stereocenters. The predicted octanol–water partition coefficient (Wildman–Crippen LogP) is 2.63. The first-order valence-corrected chi connectivity index (χ1v) is 6.19. The van der Waals surface area contributed by atoms with Gasteiger partial charge in [0.25, 0.3) is 0 Å². The summed E-state index contributed by atoms with van der Waals surface area (Å²) in [6, 6.07) is 6.02. The molecule has 17 heavy (non-hydrogen) atoms. The summed E-state index contributed by atoms with van der Waals surface area (Å²) in [5.41, 5.74) is 2.13. The van der Waals surface area contributed by atoms with Gasteiger partial charge in [0.05, 0.1) is 11.4 Å². The molecule has 4 nitrogen and oxygen atoms in total. The summed E-state index contributed by atoms with van der Waals surface area (Å²) in [4.78, 5) is 0. The fraction of sp³-hybridized carbons (Fsp3) is 0.462. The van der Waals surface area contributed by atoms with Gasteiger partial charge in [-0.2, -0.15) is 10.2 Å². The number of aromatic nitrogens is 4. The van der Waals surface area contributed by atoms with Gasteiger partial charge in [-0.1, -0.05) is 12.8 Å². The van der Waals surface area contributed by atoms with E-state index in [9.17, 15) is 0 Å². The van der Waals surface area contributed by atoms with Gasteiger partial charge in [-0.15, -0.1) is 5.10 Å². The van der Waals surface area contributed by atoms with Gasteiger partial charge in [0.2, 0.25) is 0 Å². The Labute approximate surface area is 101 Å². The van der Waals surface area contributed by atoms with Crippen molar-refractivity contribution in [3.8, 4) is 5.82 Å². The zero-order valence-corrected chi connectivity index (χ0v) is 10.0. The van der Waals surface area contributed by atoms with Crippen LogP contribution in [0.25, 0.3) is 5.82 Å². The third kappa shape index (κ3) is 2.07. The Morgan fingerprint density at radius 3 is 2.65 bits per heavy atom. The minimum Gasteiger partial charge on any atom is -0.221 e. The highest BCUT2D eigenvalue weighted by molar-refractivity contribution is 5.22. The molecular weight excluding hydrogens is 212 g/mol. The molecule has 0 amide bonds. The molecule has 0 aliphatic heterocycles. The molecule has 1 aliphatic carbocycles. The van der Waals surface area contributed by atoms with Crippen molar-refractivity contribution in [3.63, 3.8) is 0 Å². The lowest BCUT2D eigenvalue weighted by Gasteiger charge is -2.04. The summed E-state index contributed by atoms with van der Waals surface area (Å²) in [6.45, 7) is 1.93. The van der Waals surface area contributed by atoms with Crippen LogP contribution in [0.4, 0.5) is 0 Å². The molecule has 0 atom stereocenters. The normalized spacial score (nSPS) is 16.5. The van der Waals surface area contributed by atoms with Crippen molar-refractivity contribution in [3.05, 3.63) is 35.8 Å². The molecule has 1 aliphatic rings. The second-order valence-electron chi connectivity index (χ2n) is 4.70. The molecule has 0 spiro atoms. The Bertz CT molecular complexity index is 494. The van der Waals surface area contributed by atoms with E-state index in [4.69, 9.17) is 0 Å². The number of nitrogens with zero attached hydrogens (tertiary/aromatic N) is 4. The second-order valence-corrected chi connectivity index (χ2v) is 4.70. The van der Waals surface area contributed by atoms with Gasteiger partial charge >= 0.3 is 0 Å². The highest BCUT2D eigenvalue weighted by atomic mass is 15.3. The summed E-state index contributed by atoms with van der Waals surface area (Å²) in [5.74, 6) is 1.44. The van der Waals surface area contributed by atoms with Crippen LogP contribution in [-0.2, 0) is 0 Å². The summed E-state index contributed by atoms with van der Waals surface area (Å²) in [5, 5.41) is 12.8. The molecule has 2 heterocycles. The summed E-state index contributed by atoms with van der Waals surface area (Å²) in [6.07, 6.45) is 7.20. The highest BCUT2D eigenvalue weighted by Crippen LogP contribution is 2.32. The molecular formula is C13H16N4. The minimum atomic E-state index is 0.648. The zero-order chi connectivity index (χ0) is 11.7. The van der Waals surface area contributed by atoms with Crippen LogP contribution in [0.1, 0.15) is 43.0 Å². The molecule has 0 aromatic carbocycles. The lowest BCUT2D eigenvalue weighted by atomic mass is 10.1. The van der Waals surface area contributed by atoms with Gasteiger partial charge in [0.15, 0.2) is 5.82 Å². The maximum atomic E-state index is 4.61. The molecule has 2 aromatic rings. The van der Waals surface area contributed by atoms with Crippen molar-refractivity contribution < 1.29 is 0 Å². The van der Waals surface area contributed by atoms with Gasteiger partial charge in [-0.25, -0.2) is 4.68 Å². The number of hydrogen-bond acceptors (Lipinski definition) is 3. The topological polar surface area (TPSA) is 43.6 Å². The third-order valence-corrected chi connectivity index (χ3v) is 3.40. The Morgan fingerprint density at radius 2 is 1.94 bits per heavy atom. The van der Waals surface area contributed by atoms with Crippen molar-refractivity contribution in [2.24, 2.45) is 0 Å².